The summed E-state index contributed by atoms with van der Waals surface area (Å²) in [5, 5.41) is 9.90. The van der Waals surface area contributed by atoms with Crippen LogP contribution in [0.1, 0.15) is 52.5 Å². The van der Waals surface area contributed by atoms with Crippen molar-refractivity contribution < 1.29 is 9.59 Å². The Hall–Kier alpha value is -3.13. The number of hydrogen-bond acceptors (Lipinski definition) is 4. The Labute approximate surface area is 165 Å². The van der Waals surface area contributed by atoms with Crippen LogP contribution in [0.25, 0.3) is 0 Å². The van der Waals surface area contributed by atoms with Gasteiger partial charge in [0.05, 0.1) is 28.3 Å². The summed E-state index contributed by atoms with van der Waals surface area (Å²) in [7, 11) is 0. The molecule has 0 spiro atoms. The van der Waals surface area contributed by atoms with E-state index in [1.54, 1.807) is 6.07 Å². The standard InChI is InChI=1S/C23H23N3O2/c1-2-13-26-21(27)18-9-6-10-19(20(18)22(26)28)25-14-11-23(16-24,12-15-25)17-7-4-3-5-8-17/h3-10H,2,11-15H2,1H3. The van der Waals surface area contributed by atoms with Crippen molar-refractivity contribution in [3.8, 4) is 6.07 Å². The number of hydrogen-bond donors (Lipinski definition) is 0. The molecule has 2 aromatic rings. The molecule has 2 amide bonds. The summed E-state index contributed by atoms with van der Waals surface area (Å²) in [6.45, 7) is 3.75. The van der Waals surface area contributed by atoms with Gasteiger partial charge in [-0.05, 0) is 37.0 Å². The van der Waals surface area contributed by atoms with Gasteiger partial charge < -0.3 is 4.90 Å². The second kappa shape index (κ2) is 7.12. The normalized spacial score (nSPS) is 18.1. The van der Waals surface area contributed by atoms with E-state index in [-0.39, 0.29) is 11.8 Å². The van der Waals surface area contributed by atoms with Gasteiger partial charge in [0.25, 0.3) is 11.8 Å². The van der Waals surface area contributed by atoms with Gasteiger partial charge in [0.1, 0.15) is 0 Å². The summed E-state index contributed by atoms with van der Waals surface area (Å²) in [5.41, 5.74) is 2.38. The Balaban J connectivity index is 1.62. The first kappa shape index (κ1) is 18.2. The summed E-state index contributed by atoms with van der Waals surface area (Å²) in [5.74, 6) is -0.394. The number of amides is 2. The van der Waals surface area contributed by atoms with Gasteiger partial charge in [-0.2, -0.15) is 5.26 Å². The van der Waals surface area contributed by atoms with E-state index in [0.717, 1.165) is 17.7 Å². The second-order valence-corrected chi connectivity index (χ2v) is 7.51. The van der Waals surface area contributed by atoms with Crippen molar-refractivity contribution in [3.63, 3.8) is 0 Å². The fourth-order valence-corrected chi connectivity index (χ4v) is 4.36. The predicted molar refractivity (Wildman–Crippen MR) is 107 cm³/mol. The van der Waals surface area contributed by atoms with Gasteiger partial charge in [-0.25, -0.2) is 0 Å². The Morgan fingerprint density at radius 3 is 2.36 bits per heavy atom. The van der Waals surface area contributed by atoms with Crippen LogP contribution >= 0.6 is 0 Å². The third-order valence-electron chi connectivity index (χ3n) is 5.92. The fraction of sp³-hybridized carbons (Fsp3) is 0.348. The Morgan fingerprint density at radius 2 is 1.71 bits per heavy atom. The summed E-state index contributed by atoms with van der Waals surface area (Å²) < 4.78 is 0. The van der Waals surface area contributed by atoms with E-state index in [0.29, 0.717) is 43.6 Å². The first-order chi connectivity index (χ1) is 13.6. The van der Waals surface area contributed by atoms with E-state index in [1.165, 1.54) is 4.90 Å². The molecule has 0 atom stereocenters. The number of nitriles is 1. The van der Waals surface area contributed by atoms with Crippen LogP contribution in [0.5, 0.6) is 0 Å². The van der Waals surface area contributed by atoms with Gasteiger partial charge >= 0.3 is 0 Å². The molecule has 2 aliphatic rings. The second-order valence-electron chi connectivity index (χ2n) is 7.51. The molecule has 0 aromatic heterocycles. The lowest BCUT2D eigenvalue weighted by Crippen LogP contribution is -2.42. The van der Waals surface area contributed by atoms with Crippen molar-refractivity contribution >= 4 is 17.5 Å². The topological polar surface area (TPSA) is 64.4 Å². The number of imide groups is 1. The zero-order valence-electron chi connectivity index (χ0n) is 16.0. The molecular weight excluding hydrogens is 350 g/mol. The third-order valence-corrected chi connectivity index (χ3v) is 5.92. The van der Waals surface area contributed by atoms with Crippen LogP contribution in [0.3, 0.4) is 0 Å². The molecule has 0 bridgehead atoms. The first-order valence-corrected chi connectivity index (χ1v) is 9.82. The molecule has 2 heterocycles. The zero-order chi connectivity index (χ0) is 19.7. The highest BCUT2D eigenvalue weighted by Gasteiger charge is 2.41. The molecule has 2 aliphatic heterocycles. The molecule has 142 valence electrons. The molecule has 0 aliphatic carbocycles. The molecule has 0 N–H and O–H groups in total. The maximum Gasteiger partial charge on any atom is 0.263 e. The molecule has 0 unspecified atom stereocenters. The minimum absolute atomic E-state index is 0.197. The summed E-state index contributed by atoms with van der Waals surface area (Å²) in [4.78, 5) is 29.0. The molecule has 0 saturated carbocycles. The maximum absolute atomic E-state index is 12.9. The average molecular weight is 373 g/mol. The minimum atomic E-state index is -0.496. The van der Waals surface area contributed by atoms with Gasteiger partial charge in [-0.15, -0.1) is 0 Å². The lowest BCUT2D eigenvalue weighted by Gasteiger charge is -2.39. The summed E-state index contributed by atoms with van der Waals surface area (Å²) in [6, 6.07) is 18.0. The number of fused-ring (bicyclic) bond motifs is 1. The first-order valence-electron chi connectivity index (χ1n) is 9.82. The number of nitrogens with zero attached hydrogens (tertiary/aromatic N) is 3. The number of rotatable bonds is 4. The summed E-state index contributed by atoms with van der Waals surface area (Å²) >= 11 is 0. The molecule has 5 nitrogen and oxygen atoms in total. The Morgan fingerprint density at radius 1 is 1.00 bits per heavy atom. The highest BCUT2D eigenvalue weighted by Crippen LogP contribution is 2.39. The lowest BCUT2D eigenvalue weighted by molar-refractivity contribution is 0.0654. The number of carbonyl (C=O) groups is 2. The number of piperidine rings is 1. The highest BCUT2D eigenvalue weighted by atomic mass is 16.2. The minimum Gasteiger partial charge on any atom is -0.371 e. The molecule has 2 aromatic carbocycles. The van der Waals surface area contributed by atoms with E-state index < -0.39 is 5.41 Å². The van der Waals surface area contributed by atoms with E-state index in [9.17, 15) is 14.9 Å². The number of benzene rings is 2. The van der Waals surface area contributed by atoms with E-state index >= 15 is 0 Å². The van der Waals surface area contributed by atoms with Crippen molar-refractivity contribution in [2.45, 2.75) is 31.6 Å². The van der Waals surface area contributed by atoms with Crippen LogP contribution in [0.4, 0.5) is 5.69 Å². The summed E-state index contributed by atoms with van der Waals surface area (Å²) in [6.07, 6.45) is 2.13. The van der Waals surface area contributed by atoms with Gasteiger partial charge in [0, 0.05) is 19.6 Å². The number of anilines is 1. The van der Waals surface area contributed by atoms with Crippen LogP contribution in [0.15, 0.2) is 48.5 Å². The predicted octanol–water partition coefficient (Wildman–Crippen LogP) is 3.75. The highest BCUT2D eigenvalue weighted by molar-refractivity contribution is 6.23. The zero-order valence-corrected chi connectivity index (χ0v) is 16.0. The van der Waals surface area contributed by atoms with Crippen molar-refractivity contribution in [1.29, 1.82) is 5.26 Å². The fourth-order valence-electron chi connectivity index (χ4n) is 4.36. The van der Waals surface area contributed by atoms with Crippen molar-refractivity contribution in [1.82, 2.24) is 4.90 Å². The largest absolute Gasteiger partial charge is 0.371 e. The smallest absolute Gasteiger partial charge is 0.263 e. The monoisotopic (exact) mass is 373 g/mol. The van der Waals surface area contributed by atoms with Gasteiger partial charge in [0.15, 0.2) is 0 Å². The van der Waals surface area contributed by atoms with Crippen LogP contribution in [0.2, 0.25) is 0 Å². The van der Waals surface area contributed by atoms with E-state index in [4.69, 9.17) is 0 Å². The maximum atomic E-state index is 12.9. The quantitative estimate of drug-likeness (QED) is 0.766. The molecule has 1 fully saturated rings. The molecular formula is C23H23N3O2. The van der Waals surface area contributed by atoms with Crippen LogP contribution in [0, 0.1) is 11.3 Å². The van der Waals surface area contributed by atoms with Crippen LogP contribution in [-0.4, -0.2) is 36.3 Å². The Bertz CT molecular complexity index is 954. The van der Waals surface area contributed by atoms with E-state index in [2.05, 4.69) is 11.0 Å². The van der Waals surface area contributed by atoms with Gasteiger partial charge in [0.2, 0.25) is 0 Å². The van der Waals surface area contributed by atoms with Gasteiger partial charge in [-0.1, -0.05) is 43.3 Å². The van der Waals surface area contributed by atoms with Crippen LogP contribution < -0.4 is 4.90 Å². The SMILES string of the molecule is CCCN1C(=O)c2cccc(N3CCC(C#N)(c4ccccc4)CC3)c2C1=O. The van der Waals surface area contributed by atoms with Gasteiger partial charge in [-0.3, -0.25) is 14.5 Å². The molecule has 0 radical (unpaired) electrons. The molecule has 4 rings (SSSR count). The molecule has 28 heavy (non-hydrogen) atoms. The Kier molecular flexibility index (Phi) is 4.64. The van der Waals surface area contributed by atoms with E-state index in [1.807, 2.05) is 49.4 Å². The average Bonchev–Trinajstić information content (AvgIpc) is 3.00. The van der Waals surface area contributed by atoms with Crippen LogP contribution in [-0.2, 0) is 5.41 Å². The lowest BCUT2D eigenvalue weighted by atomic mass is 9.74. The third kappa shape index (κ3) is 2.77. The number of carbonyl (C=O) groups excluding carboxylic acids is 2. The van der Waals surface area contributed by atoms with Crippen molar-refractivity contribution in [3.05, 3.63) is 65.2 Å². The van der Waals surface area contributed by atoms with Crippen molar-refractivity contribution in [2.75, 3.05) is 24.5 Å². The molecule has 1 saturated heterocycles. The molecule has 5 heteroatoms. The van der Waals surface area contributed by atoms with Crippen molar-refractivity contribution in [2.24, 2.45) is 0 Å².